The molecule has 0 unspecified atom stereocenters. The molecule has 1 saturated heterocycles. The highest BCUT2D eigenvalue weighted by molar-refractivity contribution is 6.29. The summed E-state index contributed by atoms with van der Waals surface area (Å²) in [6.45, 7) is 2.68. The van der Waals surface area contributed by atoms with Crippen LogP contribution in [0.4, 0.5) is 0 Å². The first kappa shape index (κ1) is 23.5. The van der Waals surface area contributed by atoms with E-state index in [0.29, 0.717) is 44.0 Å². The van der Waals surface area contributed by atoms with Gasteiger partial charge in [-0.3, -0.25) is 14.6 Å². The molecule has 2 heterocycles. The van der Waals surface area contributed by atoms with Gasteiger partial charge in [0.25, 0.3) is 5.91 Å². The number of benzene rings is 1. The van der Waals surface area contributed by atoms with Gasteiger partial charge < -0.3 is 14.5 Å². The minimum atomic E-state index is -0.0352. The second kappa shape index (κ2) is 11.5. The third-order valence-electron chi connectivity index (χ3n) is 6.51. The normalized spacial score (nSPS) is 17.1. The average molecular weight is 471 g/mol. The van der Waals surface area contributed by atoms with Crippen LogP contribution in [0.2, 0.25) is 5.15 Å². The van der Waals surface area contributed by atoms with Gasteiger partial charge in [-0.05, 0) is 30.5 Å². The van der Waals surface area contributed by atoms with Crippen LogP contribution in [-0.2, 0) is 11.2 Å². The third-order valence-corrected chi connectivity index (χ3v) is 6.69. The van der Waals surface area contributed by atoms with E-state index < -0.39 is 0 Å². The maximum absolute atomic E-state index is 13.0. The Hall–Kier alpha value is -2.67. The highest BCUT2D eigenvalue weighted by Crippen LogP contribution is 2.26. The van der Waals surface area contributed by atoms with Gasteiger partial charge in [0.2, 0.25) is 5.91 Å². The van der Waals surface area contributed by atoms with E-state index in [2.05, 4.69) is 9.97 Å². The molecule has 7 nitrogen and oxygen atoms in total. The molecule has 0 spiro atoms. The molecule has 1 aliphatic heterocycles. The second-order valence-electron chi connectivity index (χ2n) is 8.85. The lowest BCUT2D eigenvalue weighted by Gasteiger charge is -2.34. The summed E-state index contributed by atoms with van der Waals surface area (Å²) in [5, 5.41) is 0.274. The van der Waals surface area contributed by atoms with E-state index >= 15 is 0 Å². The summed E-state index contributed by atoms with van der Waals surface area (Å²) in [6.07, 6.45) is 10.9. The molecule has 176 valence electrons. The van der Waals surface area contributed by atoms with Crippen molar-refractivity contribution in [1.29, 1.82) is 0 Å². The molecule has 1 aromatic heterocycles. The lowest BCUT2D eigenvalue weighted by atomic mass is 9.87. The Morgan fingerprint density at radius 2 is 1.79 bits per heavy atom. The van der Waals surface area contributed by atoms with Crippen LogP contribution in [0.3, 0.4) is 0 Å². The minimum absolute atomic E-state index is 0.0273. The van der Waals surface area contributed by atoms with Crippen LogP contribution in [0.15, 0.2) is 36.7 Å². The number of halogens is 1. The Morgan fingerprint density at radius 1 is 1.03 bits per heavy atom. The topological polar surface area (TPSA) is 75.6 Å². The van der Waals surface area contributed by atoms with Gasteiger partial charge in [-0.1, -0.05) is 49.8 Å². The molecule has 2 aromatic rings. The predicted octanol–water partition coefficient (Wildman–Crippen LogP) is 4.01. The largest absolute Gasteiger partial charge is 0.494 e. The summed E-state index contributed by atoms with van der Waals surface area (Å²) in [4.78, 5) is 37.2. The van der Waals surface area contributed by atoms with Crippen molar-refractivity contribution in [3.63, 3.8) is 0 Å². The van der Waals surface area contributed by atoms with E-state index in [1.165, 1.54) is 38.3 Å². The van der Waals surface area contributed by atoms with Crippen molar-refractivity contribution in [3.05, 3.63) is 53.1 Å². The van der Waals surface area contributed by atoms with E-state index in [9.17, 15) is 9.59 Å². The predicted molar refractivity (Wildman–Crippen MR) is 126 cm³/mol. The fourth-order valence-corrected chi connectivity index (χ4v) is 4.78. The fourth-order valence-electron chi connectivity index (χ4n) is 4.61. The number of hydrogen-bond acceptors (Lipinski definition) is 5. The van der Waals surface area contributed by atoms with E-state index in [0.717, 1.165) is 18.1 Å². The van der Waals surface area contributed by atoms with Gasteiger partial charge in [0.1, 0.15) is 10.9 Å². The van der Waals surface area contributed by atoms with Crippen LogP contribution in [0.25, 0.3) is 0 Å². The second-order valence-corrected chi connectivity index (χ2v) is 9.24. The number of rotatable bonds is 7. The first-order chi connectivity index (χ1) is 16.1. The Bertz CT molecular complexity index is 956. The monoisotopic (exact) mass is 470 g/mol. The van der Waals surface area contributed by atoms with Crippen molar-refractivity contribution in [1.82, 2.24) is 19.8 Å². The van der Waals surface area contributed by atoms with Crippen molar-refractivity contribution in [2.24, 2.45) is 5.92 Å². The van der Waals surface area contributed by atoms with Crippen LogP contribution in [0.5, 0.6) is 5.75 Å². The number of carbonyl (C=O) groups is 2. The van der Waals surface area contributed by atoms with Crippen LogP contribution < -0.4 is 4.74 Å². The Morgan fingerprint density at radius 3 is 2.55 bits per heavy atom. The van der Waals surface area contributed by atoms with Crippen molar-refractivity contribution in [2.75, 3.05) is 32.8 Å². The summed E-state index contributed by atoms with van der Waals surface area (Å²) >= 11 is 5.85. The van der Waals surface area contributed by atoms with Crippen LogP contribution in [-0.4, -0.2) is 64.4 Å². The van der Waals surface area contributed by atoms with Gasteiger partial charge in [-0.2, -0.15) is 0 Å². The zero-order valence-corrected chi connectivity index (χ0v) is 19.7. The molecular weight excluding hydrogens is 440 g/mol. The summed E-state index contributed by atoms with van der Waals surface area (Å²) in [6, 6.07) is 7.44. The summed E-state index contributed by atoms with van der Waals surface area (Å²) in [5.41, 5.74) is 1.17. The number of amides is 2. The van der Waals surface area contributed by atoms with Crippen LogP contribution in [0, 0.1) is 5.92 Å². The Labute approximate surface area is 200 Å². The van der Waals surface area contributed by atoms with Gasteiger partial charge in [0.15, 0.2) is 0 Å². The zero-order valence-electron chi connectivity index (χ0n) is 18.9. The smallest absolute Gasteiger partial charge is 0.254 e. The number of aromatic nitrogens is 2. The van der Waals surface area contributed by atoms with E-state index in [1.807, 2.05) is 24.3 Å². The molecular formula is C25H31ClN4O3. The molecule has 2 fully saturated rings. The first-order valence-electron chi connectivity index (χ1n) is 11.8. The third kappa shape index (κ3) is 6.67. The van der Waals surface area contributed by atoms with Gasteiger partial charge in [-0.15, -0.1) is 0 Å². The lowest BCUT2D eigenvalue weighted by Crippen LogP contribution is -2.51. The van der Waals surface area contributed by atoms with Crippen LogP contribution in [0.1, 0.15) is 54.6 Å². The zero-order chi connectivity index (χ0) is 23.0. The van der Waals surface area contributed by atoms with Crippen molar-refractivity contribution >= 4 is 23.4 Å². The van der Waals surface area contributed by atoms with Gasteiger partial charge in [-0.25, -0.2) is 4.98 Å². The van der Waals surface area contributed by atoms with Crippen molar-refractivity contribution in [3.8, 4) is 5.75 Å². The van der Waals surface area contributed by atoms with Crippen LogP contribution >= 0.6 is 11.6 Å². The molecule has 33 heavy (non-hydrogen) atoms. The Balaban J connectivity index is 1.25. The van der Waals surface area contributed by atoms with Gasteiger partial charge in [0.05, 0.1) is 24.9 Å². The van der Waals surface area contributed by atoms with E-state index in [1.54, 1.807) is 16.0 Å². The molecule has 4 rings (SSSR count). The highest BCUT2D eigenvalue weighted by Gasteiger charge is 2.25. The molecule has 0 bridgehead atoms. The minimum Gasteiger partial charge on any atom is -0.494 e. The lowest BCUT2D eigenvalue weighted by molar-refractivity contribution is -0.132. The summed E-state index contributed by atoms with van der Waals surface area (Å²) in [7, 11) is 0. The molecule has 0 atom stereocenters. The van der Waals surface area contributed by atoms with E-state index in [-0.39, 0.29) is 23.4 Å². The van der Waals surface area contributed by atoms with E-state index in [4.69, 9.17) is 16.3 Å². The maximum atomic E-state index is 13.0. The SMILES string of the molecule is O=C(Cc1cncc(Cl)n1)N1CCN(C(=O)c2cccc(OCCC3CCCCC3)c2)CC1. The molecule has 8 heteroatoms. The standard InChI is InChI=1S/C25H31ClN4O3/c26-23-18-27-17-21(28-23)16-24(31)29-10-12-30(13-11-29)25(32)20-7-4-8-22(15-20)33-14-9-19-5-2-1-3-6-19/h4,7-8,15,17-19H,1-3,5-6,9-14,16H2. The molecule has 1 aliphatic carbocycles. The number of hydrogen-bond donors (Lipinski definition) is 0. The van der Waals surface area contributed by atoms with Gasteiger partial charge >= 0.3 is 0 Å². The molecule has 1 saturated carbocycles. The molecule has 1 aromatic carbocycles. The van der Waals surface area contributed by atoms with Crippen molar-refractivity contribution < 1.29 is 14.3 Å². The quantitative estimate of drug-likeness (QED) is 0.611. The molecule has 2 amide bonds. The molecule has 2 aliphatic rings. The van der Waals surface area contributed by atoms with Crippen molar-refractivity contribution in [2.45, 2.75) is 44.9 Å². The Kier molecular flexibility index (Phi) is 8.15. The summed E-state index contributed by atoms with van der Waals surface area (Å²) < 4.78 is 5.96. The van der Waals surface area contributed by atoms with Gasteiger partial charge in [0, 0.05) is 37.9 Å². The number of carbonyl (C=O) groups excluding carboxylic acids is 2. The molecule has 0 N–H and O–H groups in total. The first-order valence-corrected chi connectivity index (χ1v) is 12.2. The average Bonchev–Trinajstić information content (AvgIpc) is 2.84. The maximum Gasteiger partial charge on any atom is 0.254 e. The number of ether oxygens (including phenoxy) is 1. The highest BCUT2D eigenvalue weighted by atomic mass is 35.5. The fraction of sp³-hybridized carbons (Fsp3) is 0.520. The number of piperazine rings is 1. The molecule has 0 radical (unpaired) electrons. The number of nitrogens with zero attached hydrogens (tertiary/aromatic N) is 4. The summed E-state index contributed by atoms with van der Waals surface area (Å²) in [5.74, 6) is 1.45.